The third-order valence-electron chi connectivity index (χ3n) is 16.8. The van der Waals surface area contributed by atoms with Crippen molar-refractivity contribution in [3.63, 3.8) is 0 Å². The van der Waals surface area contributed by atoms with Crippen molar-refractivity contribution in [3.8, 4) is 0 Å². The normalized spacial score (nSPS) is 39.8. The number of carbonyl (C=O) groups is 2. The van der Waals surface area contributed by atoms with E-state index in [1.54, 1.807) is 6.92 Å². The molecule has 7 rings (SSSR count). The van der Waals surface area contributed by atoms with Gasteiger partial charge in [-0.15, -0.1) is 0 Å². The lowest BCUT2D eigenvalue weighted by Crippen LogP contribution is -2.62. The van der Waals surface area contributed by atoms with Crippen LogP contribution >= 0.6 is 0 Å². The maximum Gasteiger partial charge on any atom is 0.240 e. The van der Waals surface area contributed by atoms with Gasteiger partial charge in [-0.05, 0) is 134 Å². The first-order chi connectivity index (χ1) is 27.1. The number of hydroxylamine groups is 2. The quantitative estimate of drug-likeness (QED) is 0.164. The highest BCUT2D eigenvalue weighted by molar-refractivity contribution is 5.83. The summed E-state index contributed by atoms with van der Waals surface area (Å²) in [5.74, 6) is 2.64. The molecule has 15 atom stereocenters. The molecule has 2 amide bonds. The van der Waals surface area contributed by atoms with Crippen LogP contribution in [0.2, 0.25) is 0 Å². The Bertz CT molecular complexity index is 1310. The number of aliphatic hydroxyl groups excluding tert-OH is 2. The predicted molar refractivity (Wildman–Crippen MR) is 225 cm³/mol. The highest BCUT2D eigenvalue weighted by Gasteiger charge is 2.58. The number of methoxy groups -OCH3 is 1. The summed E-state index contributed by atoms with van der Waals surface area (Å²) in [7, 11) is 10.4. The summed E-state index contributed by atoms with van der Waals surface area (Å²) >= 11 is 0. The van der Waals surface area contributed by atoms with Gasteiger partial charge in [0.2, 0.25) is 11.8 Å². The molecule has 7 fully saturated rings. The number of likely N-dealkylation sites (N-methyl/N-ethyl adjacent to an activating group) is 1. The molecule has 0 aromatic carbocycles. The number of ether oxygens (including phenoxy) is 1. The Morgan fingerprint density at radius 2 is 1.70 bits per heavy atom. The molecule has 0 aromatic rings. The van der Waals surface area contributed by atoms with Crippen molar-refractivity contribution in [2.75, 3.05) is 55.0 Å². The maximum atomic E-state index is 14.4. The Labute approximate surface area is 346 Å². The molecule has 1 heterocycles. The number of hydrogen-bond acceptors (Lipinski definition) is 9. The summed E-state index contributed by atoms with van der Waals surface area (Å²) in [5.41, 5.74) is 0.317. The average molecular weight is 802 g/mol. The second-order valence-corrected chi connectivity index (χ2v) is 21.1. The number of aliphatic hydroxyl groups is 2. The van der Waals surface area contributed by atoms with Gasteiger partial charge in [-0.1, -0.05) is 59.3 Å². The monoisotopic (exact) mass is 802 g/mol. The van der Waals surface area contributed by atoms with Gasteiger partial charge in [0.25, 0.3) is 0 Å². The van der Waals surface area contributed by atoms with Crippen molar-refractivity contribution >= 4 is 11.8 Å². The van der Waals surface area contributed by atoms with Crippen molar-refractivity contribution in [1.82, 2.24) is 25.5 Å². The Kier molecular flexibility index (Phi) is 15.5. The highest BCUT2D eigenvalue weighted by atomic mass is 16.7. The van der Waals surface area contributed by atoms with E-state index in [9.17, 15) is 19.8 Å². The predicted octanol–water partition coefficient (Wildman–Crippen LogP) is 5.33. The van der Waals surface area contributed by atoms with Crippen LogP contribution in [0.3, 0.4) is 0 Å². The van der Waals surface area contributed by atoms with Crippen molar-refractivity contribution in [3.05, 3.63) is 0 Å². The van der Waals surface area contributed by atoms with Crippen molar-refractivity contribution in [2.45, 2.75) is 166 Å². The van der Waals surface area contributed by atoms with Crippen LogP contribution < -0.4 is 10.6 Å². The van der Waals surface area contributed by atoms with E-state index >= 15 is 0 Å². The summed E-state index contributed by atoms with van der Waals surface area (Å²) in [6.45, 7) is 9.84. The van der Waals surface area contributed by atoms with Gasteiger partial charge in [0.15, 0.2) is 0 Å². The Morgan fingerprint density at radius 3 is 2.32 bits per heavy atom. The molecule has 0 aromatic heterocycles. The number of rotatable bonds is 16. The molecular formula is C46H83N5O6. The minimum atomic E-state index is -0.825. The van der Waals surface area contributed by atoms with Gasteiger partial charge < -0.3 is 35.4 Å². The standard InChI is InChI=1S/C46H83N5O6/c1-28-38-23-34(46(38,3)4)24-39(28)48-45(55)42-41(29(2)53)40(27-52)57-51(42)25-31-16-13-17-37(43(31)56-9)32-20-33(22-36(21-32)50(7)8)44(54)47-35(26-49(5)6)19-18-30-14-11-10-12-15-30/h28-43,52-53H,10-27H2,1-9H3,(H,47,54)(H,48,55)/t28-,29-,31?,32?,33?,34+,35-,36?,37?,38-,39-,40-,41+,42-,43?/m0/s1. The van der Waals surface area contributed by atoms with E-state index in [0.717, 1.165) is 63.8 Å². The van der Waals surface area contributed by atoms with E-state index < -0.39 is 24.2 Å². The topological polar surface area (TPSA) is 127 Å². The zero-order valence-electron chi connectivity index (χ0n) is 37.3. The third-order valence-corrected chi connectivity index (χ3v) is 16.8. The largest absolute Gasteiger partial charge is 0.394 e. The molecule has 6 saturated carbocycles. The van der Waals surface area contributed by atoms with Crippen LogP contribution in [0, 0.1) is 58.7 Å². The van der Waals surface area contributed by atoms with Crippen LogP contribution in [-0.2, 0) is 19.2 Å². The van der Waals surface area contributed by atoms with Crippen molar-refractivity contribution < 1.29 is 29.4 Å². The first-order valence-electron chi connectivity index (χ1n) is 23.3. The van der Waals surface area contributed by atoms with Crippen LogP contribution in [0.5, 0.6) is 0 Å². The summed E-state index contributed by atoms with van der Waals surface area (Å²) in [5, 5.41) is 30.3. The molecule has 328 valence electrons. The van der Waals surface area contributed by atoms with E-state index in [4.69, 9.17) is 9.57 Å². The number of nitrogens with zero attached hydrogens (tertiary/aromatic N) is 3. The molecule has 1 saturated heterocycles. The van der Waals surface area contributed by atoms with Crippen LogP contribution in [0.15, 0.2) is 0 Å². The van der Waals surface area contributed by atoms with E-state index in [-0.39, 0.29) is 54.4 Å². The van der Waals surface area contributed by atoms with Gasteiger partial charge in [-0.2, -0.15) is 5.06 Å². The minimum Gasteiger partial charge on any atom is -0.394 e. The molecule has 2 bridgehead atoms. The summed E-state index contributed by atoms with van der Waals surface area (Å²) in [4.78, 5) is 39.6. The van der Waals surface area contributed by atoms with Crippen LogP contribution in [0.4, 0.5) is 0 Å². The zero-order valence-corrected chi connectivity index (χ0v) is 37.3. The van der Waals surface area contributed by atoms with E-state index in [0.29, 0.717) is 41.7 Å². The summed E-state index contributed by atoms with van der Waals surface area (Å²) in [6.07, 6.45) is 15.5. The lowest BCUT2D eigenvalue weighted by molar-refractivity contribution is -0.193. The fourth-order valence-corrected chi connectivity index (χ4v) is 13.3. The lowest BCUT2D eigenvalue weighted by atomic mass is 9.45. The van der Waals surface area contributed by atoms with Gasteiger partial charge in [0.05, 0.1) is 18.8 Å². The Morgan fingerprint density at radius 1 is 0.965 bits per heavy atom. The molecule has 11 heteroatoms. The number of amides is 2. The van der Waals surface area contributed by atoms with E-state index in [1.165, 1.54) is 44.9 Å². The molecule has 1 aliphatic heterocycles. The SMILES string of the molecule is COC1C(CN2O[C@@H](CO)[C@@H]([C@H](C)O)[C@H]2C(=O)N[C@H]2C[C@H]3C[C@@H]([C@@H]2C)C3(C)C)CCCC1C1CC(C(=O)N[C@@H](CCC2CCCCC2)CN(C)C)CC(N(C)C)C1. The highest BCUT2D eigenvalue weighted by Crippen LogP contribution is 2.61. The van der Waals surface area contributed by atoms with Crippen molar-refractivity contribution in [2.24, 2.45) is 58.7 Å². The third kappa shape index (κ3) is 10.2. The molecule has 6 unspecified atom stereocenters. The van der Waals surface area contributed by atoms with Gasteiger partial charge in [0.1, 0.15) is 12.1 Å². The Balaban J connectivity index is 1.14. The lowest BCUT2D eigenvalue weighted by Gasteiger charge is -2.62. The fraction of sp³-hybridized carbons (Fsp3) is 0.957. The Hall–Kier alpha value is -1.34. The maximum absolute atomic E-state index is 14.4. The molecule has 57 heavy (non-hydrogen) atoms. The average Bonchev–Trinajstić information content (AvgIpc) is 3.56. The number of fused-ring (bicyclic) bond motifs is 2. The molecule has 6 aliphatic carbocycles. The molecule has 0 radical (unpaired) electrons. The first kappa shape index (κ1) is 45.2. The first-order valence-corrected chi connectivity index (χ1v) is 23.3. The zero-order chi connectivity index (χ0) is 41.2. The molecule has 0 spiro atoms. The second-order valence-electron chi connectivity index (χ2n) is 21.1. The fourth-order valence-electron chi connectivity index (χ4n) is 13.3. The van der Waals surface area contributed by atoms with Crippen LogP contribution in [0.25, 0.3) is 0 Å². The van der Waals surface area contributed by atoms with Gasteiger partial charge >= 0.3 is 0 Å². The van der Waals surface area contributed by atoms with Crippen LogP contribution in [0.1, 0.15) is 124 Å². The summed E-state index contributed by atoms with van der Waals surface area (Å²) < 4.78 is 6.46. The molecule has 4 N–H and O–H groups in total. The molecule has 11 nitrogen and oxygen atoms in total. The second kappa shape index (κ2) is 19.6. The van der Waals surface area contributed by atoms with Crippen molar-refractivity contribution in [1.29, 1.82) is 0 Å². The number of nitrogens with one attached hydrogen (secondary N) is 2. The molecule has 7 aliphatic rings. The smallest absolute Gasteiger partial charge is 0.240 e. The number of carbonyl (C=O) groups excluding carboxylic acids is 2. The van der Waals surface area contributed by atoms with Crippen LogP contribution in [-0.4, -0.2) is 134 Å². The molecular weight excluding hydrogens is 719 g/mol. The van der Waals surface area contributed by atoms with Gasteiger partial charge in [-0.3, -0.25) is 14.4 Å². The summed E-state index contributed by atoms with van der Waals surface area (Å²) in [6, 6.07) is -0.123. The van der Waals surface area contributed by atoms with Gasteiger partial charge in [-0.25, -0.2) is 0 Å². The van der Waals surface area contributed by atoms with E-state index in [2.05, 4.69) is 69.4 Å². The number of hydrogen-bond donors (Lipinski definition) is 4. The van der Waals surface area contributed by atoms with Gasteiger partial charge in [0, 0.05) is 56.1 Å². The minimum absolute atomic E-state index is 0.0423. The van der Waals surface area contributed by atoms with E-state index in [1.807, 2.05) is 12.2 Å².